The van der Waals surface area contributed by atoms with Gasteiger partial charge in [-0.1, -0.05) is 17.7 Å². The number of halogens is 1. The molecule has 1 aromatic rings. The maximum atomic E-state index is 12.3. The Bertz CT molecular complexity index is 741. The molecule has 0 unspecified atom stereocenters. The smallest absolute Gasteiger partial charge is 0.330 e. The van der Waals surface area contributed by atoms with E-state index < -0.39 is 24.5 Å². The molecule has 2 saturated heterocycles. The van der Waals surface area contributed by atoms with E-state index in [-0.39, 0.29) is 10.8 Å². The molecule has 0 aromatic heterocycles. The predicted molar refractivity (Wildman–Crippen MR) is 96.5 cm³/mol. The Morgan fingerprint density at radius 1 is 1.48 bits per heavy atom. The van der Waals surface area contributed by atoms with Crippen LogP contribution in [0.1, 0.15) is 25.3 Å². The average molecular weight is 383 g/mol. The summed E-state index contributed by atoms with van der Waals surface area (Å²) >= 11 is 7.50. The summed E-state index contributed by atoms with van der Waals surface area (Å²) in [7, 11) is 0. The number of thioether (sulfide) groups is 1. The third-order valence-corrected chi connectivity index (χ3v) is 6.28. The Labute approximate surface area is 155 Å². The van der Waals surface area contributed by atoms with Crippen molar-refractivity contribution in [3.05, 3.63) is 28.8 Å². The number of anilines is 1. The number of esters is 1. The van der Waals surface area contributed by atoms with Crippen molar-refractivity contribution in [2.45, 2.75) is 37.6 Å². The van der Waals surface area contributed by atoms with E-state index in [1.54, 1.807) is 34.9 Å². The molecule has 1 aromatic carbocycles. The fourth-order valence-electron chi connectivity index (χ4n) is 3.14. The van der Waals surface area contributed by atoms with Gasteiger partial charge in [-0.05, 0) is 38.0 Å². The van der Waals surface area contributed by atoms with E-state index in [0.29, 0.717) is 22.9 Å². The molecular formula is C17H19ClN2O4S. The third-order valence-electron chi connectivity index (χ3n) is 4.54. The normalized spacial score (nSPS) is 25.0. The standard InChI is InChI=1S/C17H19ClN2O4S/c1-10-3-4-11(18)7-12(10)19-14(21)8-24-16(23)13-9-25-17(2)6-5-15(22)20(13)17/h3-4,7,13H,5-6,8-9H2,1-2H3,(H,19,21)/t13-,17-/m1/s1. The van der Waals surface area contributed by atoms with Crippen LogP contribution in [-0.2, 0) is 19.1 Å². The van der Waals surface area contributed by atoms with Crippen molar-refractivity contribution >= 4 is 46.8 Å². The minimum atomic E-state index is -0.620. The van der Waals surface area contributed by atoms with Crippen LogP contribution in [0.4, 0.5) is 5.69 Å². The number of nitrogens with zero attached hydrogens (tertiary/aromatic N) is 1. The van der Waals surface area contributed by atoms with Gasteiger partial charge in [-0.3, -0.25) is 9.59 Å². The highest BCUT2D eigenvalue weighted by molar-refractivity contribution is 8.01. The number of aryl methyl sites for hydroxylation is 1. The average Bonchev–Trinajstić information content (AvgIpc) is 3.05. The number of carbonyl (C=O) groups excluding carboxylic acids is 3. The summed E-state index contributed by atoms with van der Waals surface area (Å²) in [5, 5.41) is 3.18. The molecule has 2 atom stereocenters. The molecule has 2 amide bonds. The van der Waals surface area contributed by atoms with Gasteiger partial charge in [0, 0.05) is 22.9 Å². The van der Waals surface area contributed by atoms with Crippen LogP contribution < -0.4 is 5.32 Å². The molecule has 0 saturated carbocycles. The Balaban J connectivity index is 1.56. The van der Waals surface area contributed by atoms with Crippen LogP contribution in [0.15, 0.2) is 18.2 Å². The van der Waals surface area contributed by atoms with Crippen LogP contribution in [-0.4, -0.2) is 46.0 Å². The number of benzene rings is 1. The van der Waals surface area contributed by atoms with Crippen molar-refractivity contribution < 1.29 is 19.1 Å². The molecule has 1 N–H and O–H groups in total. The number of ether oxygens (including phenoxy) is 1. The highest BCUT2D eigenvalue weighted by Crippen LogP contribution is 2.47. The van der Waals surface area contributed by atoms with Crippen LogP contribution in [0.25, 0.3) is 0 Å². The number of fused-ring (bicyclic) bond motifs is 1. The molecule has 0 bridgehead atoms. The van der Waals surface area contributed by atoms with Crippen LogP contribution in [0.3, 0.4) is 0 Å². The van der Waals surface area contributed by atoms with Crippen LogP contribution in [0, 0.1) is 6.92 Å². The molecule has 0 radical (unpaired) electrons. The van der Waals surface area contributed by atoms with Gasteiger partial charge in [-0.25, -0.2) is 4.79 Å². The third kappa shape index (κ3) is 3.62. The highest BCUT2D eigenvalue weighted by atomic mass is 35.5. The largest absolute Gasteiger partial charge is 0.454 e. The van der Waals surface area contributed by atoms with E-state index in [0.717, 1.165) is 12.0 Å². The van der Waals surface area contributed by atoms with Crippen LogP contribution in [0.2, 0.25) is 5.02 Å². The van der Waals surface area contributed by atoms with E-state index in [1.807, 2.05) is 13.8 Å². The number of hydrogen-bond acceptors (Lipinski definition) is 5. The lowest BCUT2D eigenvalue weighted by molar-refractivity contribution is -0.155. The van der Waals surface area contributed by atoms with Gasteiger partial charge in [0.2, 0.25) is 5.91 Å². The zero-order valence-corrected chi connectivity index (χ0v) is 15.6. The second-order valence-electron chi connectivity index (χ2n) is 6.38. The van der Waals surface area contributed by atoms with Gasteiger partial charge in [0.15, 0.2) is 6.61 Å². The quantitative estimate of drug-likeness (QED) is 0.810. The van der Waals surface area contributed by atoms with Crippen molar-refractivity contribution in [2.24, 2.45) is 0 Å². The summed E-state index contributed by atoms with van der Waals surface area (Å²) in [5.41, 5.74) is 1.43. The SMILES string of the molecule is Cc1ccc(Cl)cc1NC(=O)COC(=O)[C@H]1CS[C@]2(C)CCC(=O)N12. The Morgan fingerprint density at radius 3 is 3.00 bits per heavy atom. The predicted octanol–water partition coefficient (Wildman–Crippen LogP) is 2.58. The first-order chi connectivity index (χ1) is 11.8. The molecule has 8 heteroatoms. The second kappa shape index (κ2) is 6.88. The monoisotopic (exact) mass is 382 g/mol. The Hall–Kier alpha value is -1.73. The van der Waals surface area contributed by atoms with Gasteiger partial charge >= 0.3 is 5.97 Å². The number of rotatable bonds is 4. The Kier molecular flexibility index (Phi) is 4.97. The van der Waals surface area contributed by atoms with Gasteiger partial charge < -0.3 is 15.0 Å². The summed E-state index contributed by atoms with van der Waals surface area (Å²) in [6.07, 6.45) is 1.18. The van der Waals surface area contributed by atoms with Gasteiger partial charge in [-0.15, -0.1) is 11.8 Å². The van der Waals surface area contributed by atoms with E-state index in [9.17, 15) is 14.4 Å². The molecule has 2 fully saturated rings. The minimum Gasteiger partial charge on any atom is -0.454 e. The fraction of sp³-hybridized carbons (Fsp3) is 0.471. The molecule has 2 aliphatic heterocycles. The van der Waals surface area contributed by atoms with Gasteiger partial charge in [-0.2, -0.15) is 0 Å². The summed E-state index contributed by atoms with van der Waals surface area (Å²) < 4.78 is 5.14. The van der Waals surface area contributed by atoms with E-state index >= 15 is 0 Å². The highest BCUT2D eigenvalue weighted by Gasteiger charge is 2.53. The minimum absolute atomic E-state index is 0.0338. The number of nitrogens with one attached hydrogen (secondary N) is 1. The molecule has 25 heavy (non-hydrogen) atoms. The molecule has 0 aliphatic carbocycles. The molecule has 134 valence electrons. The lowest BCUT2D eigenvalue weighted by Gasteiger charge is -2.29. The van der Waals surface area contributed by atoms with Crippen LogP contribution in [0.5, 0.6) is 0 Å². The van der Waals surface area contributed by atoms with Crippen molar-refractivity contribution in [2.75, 3.05) is 17.7 Å². The number of hydrogen-bond donors (Lipinski definition) is 1. The van der Waals surface area contributed by atoms with E-state index in [1.165, 1.54) is 0 Å². The molecule has 3 rings (SSSR count). The van der Waals surface area contributed by atoms with E-state index in [2.05, 4.69) is 5.32 Å². The van der Waals surface area contributed by atoms with Crippen molar-refractivity contribution in [3.8, 4) is 0 Å². The lowest BCUT2D eigenvalue weighted by atomic mass is 10.2. The number of carbonyl (C=O) groups is 3. The first kappa shape index (κ1) is 18.1. The zero-order chi connectivity index (χ0) is 18.2. The second-order valence-corrected chi connectivity index (χ2v) is 8.32. The lowest BCUT2D eigenvalue weighted by Crippen LogP contribution is -2.47. The first-order valence-electron chi connectivity index (χ1n) is 7.99. The summed E-state index contributed by atoms with van der Waals surface area (Å²) in [6, 6.07) is 4.54. The molecule has 2 aliphatic rings. The molecule has 0 spiro atoms. The molecule has 2 heterocycles. The molecular weight excluding hydrogens is 364 g/mol. The zero-order valence-electron chi connectivity index (χ0n) is 14.0. The summed E-state index contributed by atoms with van der Waals surface area (Å²) in [5.74, 6) is -0.520. The maximum absolute atomic E-state index is 12.3. The van der Waals surface area contributed by atoms with Crippen molar-refractivity contribution in [1.29, 1.82) is 0 Å². The summed E-state index contributed by atoms with van der Waals surface area (Å²) in [4.78, 5) is 37.7. The Morgan fingerprint density at radius 2 is 2.24 bits per heavy atom. The van der Waals surface area contributed by atoms with Gasteiger partial charge in [0.05, 0.1) is 4.87 Å². The molecule has 6 nitrogen and oxygen atoms in total. The summed E-state index contributed by atoms with van der Waals surface area (Å²) in [6.45, 7) is 3.41. The maximum Gasteiger partial charge on any atom is 0.330 e. The number of amides is 2. The van der Waals surface area contributed by atoms with Crippen LogP contribution >= 0.6 is 23.4 Å². The van der Waals surface area contributed by atoms with E-state index in [4.69, 9.17) is 16.3 Å². The van der Waals surface area contributed by atoms with Gasteiger partial charge in [0.1, 0.15) is 6.04 Å². The fourth-order valence-corrected chi connectivity index (χ4v) is 4.73. The van der Waals surface area contributed by atoms with Crippen molar-refractivity contribution in [1.82, 2.24) is 4.90 Å². The first-order valence-corrected chi connectivity index (χ1v) is 9.35. The van der Waals surface area contributed by atoms with Crippen molar-refractivity contribution in [3.63, 3.8) is 0 Å². The van der Waals surface area contributed by atoms with Gasteiger partial charge in [0.25, 0.3) is 5.91 Å². The topological polar surface area (TPSA) is 75.7 Å².